The summed E-state index contributed by atoms with van der Waals surface area (Å²) in [5.74, 6) is -2.83. The molecule has 3 unspecified atom stereocenters. The molecule has 0 aromatic rings. The summed E-state index contributed by atoms with van der Waals surface area (Å²) in [6, 6.07) is 0. The van der Waals surface area contributed by atoms with Crippen LogP contribution in [0.15, 0.2) is 24.3 Å². The van der Waals surface area contributed by atoms with Gasteiger partial charge >= 0.3 is 12.4 Å². The van der Waals surface area contributed by atoms with Crippen LogP contribution < -0.4 is 0 Å². The second-order valence-corrected chi connectivity index (χ2v) is 5.77. The molecular weight excluding hydrogens is 326 g/mol. The predicted octanol–water partition coefficient (Wildman–Crippen LogP) is 4.35. The van der Waals surface area contributed by atoms with Crippen molar-refractivity contribution in [1.82, 2.24) is 0 Å². The molecular formula is C15H18F6O2. The summed E-state index contributed by atoms with van der Waals surface area (Å²) in [5.41, 5.74) is -2.71. The maximum atomic E-state index is 12.5. The summed E-state index contributed by atoms with van der Waals surface area (Å²) in [6.07, 6.45) is -10.8. The van der Waals surface area contributed by atoms with Crippen molar-refractivity contribution >= 4 is 5.78 Å². The van der Waals surface area contributed by atoms with Crippen molar-refractivity contribution in [3.8, 4) is 0 Å². The van der Waals surface area contributed by atoms with Gasteiger partial charge in [-0.2, -0.15) is 26.3 Å². The molecule has 2 nitrogen and oxygen atoms in total. The number of carbonyl (C=O) groups excluding carboxylic acids is 1. The van der Waals surface area contributed by atoms with Crippen LogP contribution in [0.3, 0.4) is 0 Å². The number of alkyl halides is 6. The molecule has 23 heavy (non-hydrogen) atoms. The van der Waals surface area contributed by atoms with Gasteiger partial charge in [0.2, 0.25) is 0 Å². The van der Waals surface area contributed by atoms with Crippen molar-refractivity contribution in [3.05, 3.63) is 24.3 Å². The van der Waals surface area contributed by atoms with Crippen molar-refractivity contribution in [2.24, 2.45) is 11.8 Å². The molecule has 0 aromatic carbocycles. The zero-order valence-corrected chi connectivity index (χ0v) is 12.3. The van der Waals surface area contributed by atoms with Gasteiger partial charge in [-0.25, -0.2) is 0 Å². The Morgan fingerprint density at radius 1 is 0.957 bits per heavy atom. The van der Waals surface area contributed by atoms with Crippen LogP contribution in [-0.2, 0) is 4.79 Å². The minimum Gasteiger partial charge on any atom is -0.388 e. The number of carbonyl (C=O) groups is 1. The summed E-state index contributed by atoms with van der Waals surface area (Å²) in [4.78, 5) is 11.8. The lowest BCUT2D eigenvalue weighted by atomic mass is 9.88. The van der Waals surface area contributed by atoms with E-state index in [0.29, 0.717) is 0 Å². The lowest BCUT2D eigenvalue weighted by Crippen LogP contribution is -2.30. The number of aliphatic hydroxyl groups excluding tert-OH is 1. The predicted molar refractivity (Wildman–Crippen MR) is 71.5 cm³/mol. The van der Waals surface area contributed by atoms with Gasteiger partial charge in [-0.05, 0) is 31.6 Å². The Balaban J connectivity index is 2.72. The zero-order valence-electron chi connectivity index (χ0n) is 12.3. The fourth-order valence-corrected chi connectivity index (χ4v) is 2.75. The van der Waals surface area contributed by atoms with Crippen molar-refractivity contribution in [2.75, 3.05) is 0 Å². The van der Waals surface area contributed by atoms with E-state index in [4.69, 9.17) is 0 Å². The minimum absolute atomic E-state index is 0.0131. The van der Waals surface area contributed by atoms with E-state index in [2.05, 4.69) is 13.2 Å². The molecule has 1 rings (SSSR count). The molecule has 3 atom stereocenters. The third-order valence-corrected chi connectivity index (χ3v) is 4.19. The Labute approximate surface area is 129 Å². The van der Waals surface area contributed by atoms with E-state index in [1.54, 1.807) is 0 Å². The first-order valence-corrected chi connectivity index (χ1v) is 7.10. The summed E-state index contributed by atoms with van der Waals surface area (Å²) < 4.78 is 75.1. The fraction of sp³-hybridized carbons (Fsp3) is 0.667. The van der Waals surface area contributed by atoms with Crippen LogP contribution in [0.4, 0.5) is 26.3 Å². The Bertz CT molecular complexity index is 477. The molecule has 132 valence electrons. The molecule has 0 spiro atoms. The first-order valence-electron chi connectivity index (χ1n) is 7.10. The minimum atomic E-state index is -4.81. The van der Waals surface area contributed by atoms with Crippen molar-refractivity contribution < 1.29 is 36.2 Å². The van der Waals surface area contributed by atoms with Crippen LogP contribution in [0.2, 0.25) is 0 Å². The number of aliphatic hydroxyl groups is 1. The third kappa shape index (κ3) is 5.09. The second-order valence-electron chi connectivity index (χ2n) is 5.77. The first-order chi connectivity index (χ1) is 10.4. The third-order valence-electron chi connectivity index (χ3n) is 4.19. The Morgan fingerprint density at radius 2 is 1.52 bits per heavy atom. The number of hydrogen-bond acceptors (Lipinski definition) is 2. The van der Waals surface area contributed by atoms with Gasteiger partial charge in [0.25, 0.3) is 0 Å². The van der Waals surface area contributed by atoms with Gasteiger partial charge in [0, 0.05) is 5.92 Å². The Morgan fingerprint density at radius 3 is 2.00 bits per heavy atom. The number of hydrogen-bond donors (Lipinski definition) is 1. The lowest BCUT2D eigenvalue weighted by Gasteiger charge is -2.24. The molecule has 1 aliphatic rings. The van der Waals surface area contributed by atoms with E-state index in [-0.39, 0.29) is 32.1 Å². The summed E-state index contributed by atoms with van der Waals surface area (Å²) >= 11 is 0. The maximum Gasteiger partial charge on any atom is 0.419 e. The van der Waals surface area contributed by atoms with Crippen molar-refractivity contribution in [2.45, 2.75) is 50.6 Å². The van der Waals surface area contributed by atoms with Crippen LogP contribution in [0.1, 0.15) is 32.1 Å². The van der Waals surface area contributed by atoms with Gasteiger partial charge in [-0.3, -0.25) is 4.79 Å². The smallest absolute Gasteiger partial charge is 0.388 e. The fourth-order valence-electron chi connectivity index (χ4n) is 2.75. The summed E-state index contributed by atoms with van der Waals surface area (Å²) in [7, 11) is 0. The van der Waals surface area contributed by atoms with Crippen LogP contribution in [-0.4, -0.2) is 29.3 Å². The van der Waals surface area contributed by atoms with Gasteiger partial charge in [-0.1, -0.05) is 19.6 Å². The SMILES string of the molecule is C=C(C(=O)C1CCCC(C(O)C(=C)C(F)(F)F)CC1)C(F)(F)F. The average Bonchev–Trinajstić information content (AvgIpc) is 2.67. The molecule has 1 saturated carbocycles. The average molecular weight is 344 g/mol. The van der Waals surface area contributed by atoms with Gasteiger partial charge in [-0.15, -0.1) is 0 Å². The molecule has 8 heteroatoms. The Hall–Kier alpha value is -1.31. The zero-order chi connectivity index (χ0) is 18.0. The maximum absolute atomic E-state index is 12.5. The number of ketones is 1. The molecule has 1 aliphatic carbocycles. The van der Waals surface area contributed by atoms with E-state index in [1.165, 1.54) is 0 Å². The van der Waals surface area contributed by atoms with Gasteiger partial charge in [0.15, 0.2) is 5.78 Å². The monoisotopic (exact) mass is 344 g/mol. The van der Waals surface area contributed by atoms with Crippen molar-refractivity contribution in [3.63, 3.8) is 0 Å². The van der Waals surface area contributed by atoms with E-state index < -0.39 is 47.2 Å². The van der Waals surface area contributed by atoms with E-state index in [9.17, 15) is 36.2 Å². The van der Waals surface area contributed by atoms with E-state index in [1.807, 2.05) is 0 Å². The Kier molecular flexibility index (Phi) is 6.06. The van der Waals surface area contributed by atoms with Gasteiger partial charge < -0.3 is 5.11 Å². The molecule has 0 aliphatic heterocycles. The first kappa shape index (κ1) is 19.7. The molecule has 1 N–H and O–H groups in total. The summed E-state index contributed by atoms with van der Waals surface area (Å²) in [5, 5.41) is 9.76. The topological polar surface area (TPSA) is 37.3 Å². The second kappa shape index (κ2) is 7.07. The van der Waals surface area contributed by atoms with Crippen LogP contribution in [0.5, 0.6) is 0 Å². The highest BCUT2D eigenvalue weighted by Crippen LogP contribution is 2.38. The highest BCUT2D eigenvalue weighted by Gasteiger charge is 2.42. The normalized spacial score (nSPS) is 24.7. The molecule has 0 amide bonds. The highest BCUT2D eigenvalue weighted by molar-refractivity contribution is 5.97. The van der Waals surface area contributed by atoms with Gasteiger partial charge in [0.1, 0.15) is 0 Å². The molecule has 1 fully saturated rings. The quantitative estimate of drug-likeness (QED) is 0.356. The van der Waals surface area contributed by atoms with Crippen LogP contribution in [0, 0.1) is 11.8 Å². The summed E-state index contributed by atoms with van der Waals surface area (Å²) in [6.45, 7) is 5.60. The molecule has 0 saturated heterocycles. The largest absolute Gasteiger partial charge is 0.419 e. The lowest BCUT2D eigenvalue weighted by molar-refractivity contribution is -0.132. The molecule has 0 heterocycles. The van der Waals surface area contributed by atoms with Crippen LogP contribution in [0.25, 0.3) is 0 Å². The number of Topliss-reactive ketones (excluding diaryl/α,β-unsaturated/α-hetero) is 1. The van der Waals surface area contributed by atoms with E-state index in [0.717, 1.165) is 0 Å². The van der Waals surface area contributed by atoms with Crippen molar-refractivity contribution in [1.29, 1.82) is 0 Å². The van der Waals surface area contributed by atoms with E-state index >= 15 is 0 Å². The number of allylic oxidation sites excluding steroid dienone is 1. The molecule has 0 aromatic heterocycles. The number of halogens is 6. The number of rotatable bonds is 4. The van der Waals surface area contributed by atoms with Crippen LogP contribution >= 0.6 is 0 Å². The van der Waals surface area contributed by atoms with Gasteiger partial charge in [0.05, 0.1) is 17.3 Å². The standard InChI is InChI=1S/C15H18F6O2/c1-8(14(16,17)18)12(22)10-4-3-5-11(7-6-10)13(23)9(2)15(19,20)21/h10-12,22H,1-7H2. The highest BCUT2D eigenvalue weighted by atomic mass is 19.4. The molecule has 0 bridgehead atoms. The molecule has 0 radical (unpaired) electrons.